The number of aromatic hydroxyl groups is 1. The maximum atomic E-state index is 11.2. The molecule has 1 unspecified atom stereocenters. The van der Waals surface area contributed by atoms with Gasteiger partial charge in [0, 0.05) is 34.2 Å². The van der Waals surface area contributed by atoms with E-state index in [-0.39, 0.29) is 11.7 Å². The first-order valence-corrected chi connectivity index (χ1v) is 11.4. The molecule has 2 aromatic rings. The normalized spacial score (nSPS) is 14.6. The Morgan fingerprint density at radius 3 is 2.15 bits per heavy atom. The summed E-state index contributed by atoms with van der Waals surface area (Å²) in [5.74, 6) is 3.25. The highest BCUT2D eigenvalue weighted by Gasteiger charge is 2.30. The Kier molecular flexibility index (Phi) is 7.96. The molecule has 1 heterocycles. The third-order valence-corrected chi connectivity index (χ3v) is 6.08. The molecule has 0 radical (unpaired) electrons. The van der Waals surface area contributed by atoms with Crippen LogP contribution < -0.4 is 18.9 Å². The molecule has 33 heavy (non-hydrogen) atoms. The minimum Gasteiger partial charge on any atom is -0.507 e. The first kappa shape index (κ1) is 24.6. The molecule has 0 saturated carbocycles. The van der Waals surface area contributed by atoms with Crippen LogP contribution in [0.5, 0.6) is 28.7 Å². The van der Waals surface area contributed by atoms with E-state index in [9.17, 15) is 5.11 Å². The number of hydrogen-bond donors (Lipinski definition) is 1. The predicted octanol–water partition coefficient (Wildman–Crippen LogP) is 6.15. The van der Waals surface area contributed by atoms with Gasteiger partial charge in [0.15, 0.2) is 0 Å². The van der Waals surface area contributed by atoms with Crippen LogP contribution in [0.1, 0.15) is 55.9 Å². The van der Waals surface area contributed by atoms with Crippen molar-refractivity contribution >= 4 is 0 Å². The molecule has 1 aliphatic rings. The fraction of sp³-hybridized carbons (Fsp3) is 0.429. The van der Waals surface area contributed by atoms with Crippen molar-refractivity contribution in [1.82, 2.24) is 0 Å². The van der Waals surface area contributed by atoms with Gasteiger partial charge in [0.1, 0.15) is 28.7 Å². The minimum atomic E-state index is 0.0411. The molecule has 2 aromatic carbocycles. The zero-order valence-corrected chi connectivity index (χ0v) is 20.9. The lowest BCUT2D eigenvalue weighted by Crippen LogP contribution is -2.21. The first-order valence-electron chi connectivity index (χ1n) is 11.4. The molecule has 0 aliphatic carbocycles. The van der Waals surface area contributed by atoms with Crippen LogP contribution in [-0.2, 0) is 19.3 Å². The molecule has 3 rings (SSSR count). The highest BCUT2D eigenvalue weighted by atomic mass is 16.5. The van der Waals surface area contributed by atoms with Crippen LogP contribution >= 0.6 is 0 Å². The fourth-order valence-electron chi connectivity index (χ4n) is 4.30. The summed E-state index contributed by atoms with van der Waals surface area (Å²) in [7, 11) is 5.00. The highest BCUT2D eigenvalue weighted by Crippen LogP contribution is 2.46. The van der Waals surface area contributed by atoms with Gasteiger partial charge in [-0.2, -0.15) is 0 Å². The molecule has 0 saturated heterocycles. The molecule has 1 atom stereocenters. The van der Waals surface area contributed by atoms with Gasteiger partial charge >= 0.3 is 0 Å². The van der Waals surface area contributed by atoms with Gasteiger partial charge in [0.05, 0.1) is 27.9 Å². The van der Waals surface area contributed by atoms with E-state index in [1.54, 1.807) is 21.3 Å². The number of allylic oxidation sites excluding steroid dienone is 4. The molecular formula is C28H36O5. The summed E-state index contributed by atoms with van der Waals surface area (Å²) < 4.78 is 23.2. The average Bonchev–Trinajstić information content (AvgIpc) is 2.80. The van der Waals surface area contributed by atoms with Crippen molar-refractivity contribution in [2.24, 2.45) is 0 Å². The Bertz CT molecular complexity index is 1060. The number of methoxy groups -OCH3 is 3. The maximum Gasteiger partial charge on any atom is 0.129 e. The van der Waals surface area contributed by atoms with Crippen molar-refractivity contribution in [3.8, 4) is 28.7 Å². The molecule has 1 aliphatic heterocycles. The zero-order chi connectivity index (χ0) is 24.1. The summed E-state index contributed by atoms with van der Waals surface area (Å²) in [6, 6.07) is 5.94. The van der Waals surface area contributed by atoms with Gasteiger partial charge in [-0.15, -0.1) is 0 Å². The zero-order valence-electron chi connectivity index (χ0n) is 20.9. The van der Waals surface area contributed by atoms with Crippen LogP contribution in [0.15, 0.2) is 41.5 Å². The van der Waals surface area contributed by atoms with E-state index in [1.165, 1.54) is 11.1 Å². The smallest absolute Gasteiger partial charge is 0.129 e. The van der Waals surface area contributed by atoms with Gasteiger partial charge in [-0.1, -0.05) is 29.4 Å². The van der Waals surface area contributed by atoms with Gasteiger partial charge in [0.25, 0.3) is 0 Å². The number of fused-ring (bicyclic) bond motifs is 1. The molecule has 0 fully saturated rings. The predicted molar refractivity (Wildman–Crippen MR) is 132 cm³/mol. The summed E-state index contributed by atoms with van der Waals surface area (Å²) in [5.41, 5.74) is 6.10. The third kappa shape index (κ3) is 5.29. The van der Waals surface area contributed by atoms with E-state index in [0.29, 0.717) is 30.9 Å². The second-order valence-electron chi connectivity index (χ2n) is 8.93. The van der Waals surface area contributed by atoms with Gasteiger partial charge in [0.2, 0.25) is 0 Å². The van der Waals surface area contributed by atoms with Crippen LogP contribution in [-0.4, -0.2) is 33.0 Å². The van der Waals surface area contributed by atoms with E-state index in [0.717, 1.165) is 40.2 Å². The van der Waals surface area contributed by atoms with Gasteiger partial charge < -0.3 is 24.1 Å². The van der Waals surface area contributed by atoms with Crippen LogP contribution in [0.3, 0.4) is 0 Å². The topological polar surface area (TPSA) is 57.2 Å². The molecule has 5 heteroatoms. The lowest BCUT2D eigenvalue weighted by Gasteiger charge is -2.29. The molecular weight excluding hydrogens is 416 g/mol. The monoisotopic (exact) mass is 452 g/mol. The second-order valence-corrected chi connectivity index (χ2v) is 8.93. The number of benzene rings is 2. The quantitative estimate of drug-likeness (QED) is 0.487. The summed E-state index contributed by atoms with van der Waals surface area (Å²) in [6.07, 6.45) is 6.24. The Labute approximate surface area is 197 Å². The summed E-state index contributed by atoms with van der Waals surface area (Å²) in [4.78, 5) is 0. The van der Waals surface area contributed by atoms with Gasteiger partial charge in [-0.3, -0.25) is 0 Å². The lowest BCUT2D eigenvalue weighted by atomic mass is 9.86. The molecule has 0 spiro atoms. The summed E-state index contributed by atoms with van der Waals surface area (Å²) >= 11 is 0. The van der Waals surface area contributed by atoms with Crippen LogP contribution in [0.4, 0.5) is 0 Å². The van der Waals surface area contributed by atoms with Crippen molar-refractivity contribution in [2.75, 3.05) is 27.9 Å². The molecule has 0 amide bonds. The Hall–Kier alpha value is -3.08. The van der Waals surface area contributed by atoms with E-state index >= 15 is 0 Å². The maximum absolute atomic E-state index is 11.2. The molecule has 5 nitrogen and oxygen atoms in total. The van der Waals surface area contributed by atoms with E-state index in [1.807, 2.05) is 32.0 Å². The van der Waals surface area contributed by atoms with Crippen molar-refractivity contribution in [3.05, 3.63) is 63.8 Å². The molecule has 0 aromatic heterocycles. The Balaban J connectivity index is 2.04. The van der Waals surface area contributed by atoms with Gasteiger partial charge in [-0.25, -0.2) is 0 Å². The average molecular weight is 453 g/mol. The molecule has 1 N–H and O–H groups in total. The first-order chi connectivity index (χ1) is 15.8. The number of hydrogen-bond acceptors (Lipinski definition) is 5. The number of ether oxygens (including phenoxy) is 4. The van der Waals surface area contributed by atoms with E-state index < -0.39 is 0 Å². The second kappa shape index (κ2) is 10.7. The van der Waals surface area contributed by atoms with Crippen molar-refractivity contribution in [1.29, 1.82) is 0 Å². The van der Waals surface area contributed by atoms with Gasteiger partial charge in [-0.05, 0) is 53.0 Å². The molecule has 0 bridgehead atoms. The third-order valence-electron chi connectivity index (χ3n) is 6.08. The summed E-state index contributed by atoms with van der Waals surface area (Å²) in [5, 5.41) is 11.2. The van der Waals surface area contributed by atoms with Crippen LogP contribution in [0.25, 0.3) is 0 Å². The van der Waals surface area contributed by atoms with Crippen LogP contribution in [0.2, 0.25) is 0 Å². The van der Waals surface area contributed by atoms with Crippen molar-refractivity contribution < 1.29 is 24.1 Å². The largest absolute Gasteiger partial charge is 0.507 e. The number of rotatable bonds is 8. The Morgan fingerprint density at radius 1 is 0.939 bits per heavy atom. The highest BCUT2D eigenvalue weighted by molar-refractivity contribution is 5.60. The number of phenols is 1. The summed E-state index contributed by atoms with van der Waals surface area (Å²) in [6.45, 7) is 8.75. The van der Waals surface area contributed by atoms with E-state index in [4.69, 9.17) is 18.9 Å². The molecule has 178 valence electrons. The Morgan fingerprint density at radius 2 is 1.58 bits per heavy atom. The fourth-order valence-corrected chi connectivity index (χ4v) is 4.30. The SMILES string of the molecule is COc1cc2c(c(O)c1CC=C(C)C)CC(c1ccc(OC)c(CC=C(C)C)c1OC)CO2. The lowest BCUT2D eigenvalue weighted by molar-refractivity contribution is 0.252. The van der Waals surface area contributed by atoms with Crippen molar-refractivity contribution in [2.45, 2.75) is 52.9 Å². The standard InChI is InChI=1S/C28H36O5/c1-17(2)8-10-21-25(31-6)15-26-23(27(21)29)14-19(16-33-26)20-12-13-24(30-5)22(28(20)32-7)11-9-18(3)4/h8-9,12-13,15,19,29H,10-11,14,16H2,1-7H3. The number of phenolic OH excluding ortho intramolecular Hbond substituents is 1. The van der Waals surface area contributed by atoms with Crippen LogP contribution in [0, 0.1) is 0 Å². The van der Waals surface area contributed by atoms with Crippen molar-refractivity contribution in [3.63, 3.8) is 0 Å². The van der Waals surface area contributed by atoms with E-state index in [2.05, 4.69) is 26.0 Å². The minimum absolute atomic E-state index is 0.0411.